The summed E-state index contributed by atoms with van der Waals surface area (Å²) in [5.41, 5.74) is 1.47. The zero-order chi connectivity index (χ0) is 18.0. The number of hydrogen-bond donors (Lipinski definition) is 1. The molecule has 0 bridgehead atoms. The standard InChI is InChI=1S/C21H24N2O3/c1-25-17-7-4-6-16(12-17)13-23-11-5-10-21(15-23)14-22-20(24)18-8-2-3-9-19(18)26-21/h2-4,6-9,12H,5,10-11,13-15H2,1H3,(H,22,24). The van der Waals surface area contributed by atoms with Crippen LogP contribution in [0.4, 0.5) is 0 Å². The van der Waals surface area contributed by atoms with Gasteiger partial charge >= 0.3 is 0 Å². The number of amides is 1. The molecule has 2 aromatic rings. The van der Waals surface area contributed by atoms with Crippen molar-refractivity contribution in [2.24, 2.45) is 0 Å². The van der Waals surface area contributed by atoms with E-state index in [-0.39, 0.29) is 11.5 Å². The molecule has 1 spiro atoms. The Hall–Kier alpha value is -2.53. The van der Waals surface area contributed by atoms with Gasteiger partial charge in [-0.05, 0) is 49.2 Å². The fraction of sp³-hybridized carbons (Fsp3) is 0.381. The van der Waals surface area contributed by atoms with Gasteiger partial charge in [-0.2, -0.15) is 0 Å². The molecule has 0 aliphatic carbocycles. The molecule has 0 aromatic heterocycles. The molecule has 136 valence electrons. The number of para-hydroxylation sites is 1. The molecule has 5 heteroatoms. The van der Waals surface area contributed by atoms with Gasteiger partial charge < -0.3 is 14.8 Å². The number of benzene rings is 2. The number of carbonyl (C=O) groups is 1. The molecule has 1 atom stereocenters. The van der Waals surface area contributed by atoms with Crippen molar-refractivity contribution in [3.63, 3.8) is 0 Å². The molecular formula is C21H24N2O3. The van der Waals surface area contributed by atoms with Crippen LogP contribution in [-0.2, 0) is 6.54 Å². The van der Waals surface area contributed by atoms with Crippen molar-refractivity contribution in [3.8, 4) is 11.5 Å². The van der Waals surface area contributed by atoms with Crippen molar-refractivity contribution in [2.75, 3.05) is 26.7 Å². The van der Waals surface area contributed by atoms with Gasteiger partial charge in [-0.1, -0.05) is 24.3 Å². The van der Waals surface area contributed by atoms with Gasteiger partial charge in [0.15, 0.2) is 0 Å². The molecule has 2 aromatic carbocycles. The van der Waals surface area contributed by atoms with E-state index in [1.807, 2.05) is 36.4 Å². The molecule has 5 nitrogen and oxygen atoms in total. The summed E-state index contributed by atoms with van der Waals surface area (Å²) in [6, 6.07) is 15.7. The van der Waals surface area contributed by atoms with Crippen molar-refractivity contribution >= 4 is 5.91 Å². The Morgan fingerprint density at radius 1 is 1.23 bits per heavy atom. The zero-order valence-corrected chi connectivity index (χ0v) is 15.0. The highest BCUT2D eigenvalue weighted by Gasteiger charge is 2.40. The highest BCUT2D eigenvalue weighted by Crippen LogP contribution is 2.32. The van der Waals surface area contributed by atoms with Crippen LogP contribution in [0.1, 0.15) is 28.8 Å². The van der Waals surface area contributed by atoms with Crippen LogP contribution in [0, 0.1) is 0 Å². The van der Waals surface area contributed by atoms with Crippen molar-refractivity contribution in [3.05, 3.63) is 59.7 Å². The smallest absolute Gasteiger partial charge is 0.255 e. The van der Waals surface area contributed by atoms with Crippen LogP contribution in [0.3, 0.4) is 0 Å². The third kappa shape index (κ3) is 3.40. The minimum Gasteiger partial charge on any atom is -0.497 e. The molecule has 0 radical (unpaired) electrons. The first kappa shape index (κ1) is 16.9. The summed E-state index contributed by atoms with van der Waals surface area (Å²) in [4.78, 5) is 14.8. The van der Waals surface area contributed by atoms with Crippen LogP contribution < -0.4 is 14.8 Å². The van der Waals surface area contributed by atoms with Gasteiger partial charge in [0.25, 0.3) is 5.91 Å². The van der Waals surface area contributed by atoms with E-state index in [9.17, 15) is 4.79 Å². The molecule has 1 unspecified atom stereocenters. The lowest BCUT2D eigenvalue weighted by Gasteiger charge is -2.42. The van der Waals surface area contributed by atoms with Crippen LogP contribution in [0.15, 0.2) is 48.5 Å². The number of rotatable bonds is 3. The maximum absolute atomic E-state index is 12.4. The van der Waals surface area contributed by atoms with E-state index < -0.39 is 0 Å². The number of fused-ring (bicyclic) bond motifs is 1. The van der Waals surface area contributed by atoms with Crippen molar-refractivity contribution in [1.82, 2.24) is 10.2 Å². The molecule has 1 N–H and O–H groups in total. The van der Waals surface area contributed by atoms with Gasteiger partial charge in [0.1, 0.15) is 17.1 Å². The molecule has 4 rings (SSSR count). The Morgan fingerprint density at radius 3 is 3.00 bits per heavy atom. The lowest BCUT2D eigenvalue weighted by atomic mass is 9.92. The summed E-state index contributed by atoms with van der Waals surface area (Å²) in [5.74, 6) is 1.51. The van der Waals surface area contributed by atoms with E-state index in [1.54, 1.807) is 7.11 Å². The number of ether oxygens (including phenoxy) is 2. The average Bonchev–Trinajstić information content (AvgIpc) is 2.79. The lowest BCUT2D eigenvalue weighted by Crippen LogP contribution is -2.56. The van der Waals surface area contributed by atoms with Crippen LogP contribution in [0.5, 0.6) is 11.5 Å². The number of hydrogen-bond acceptors (Lipinski definition) is 4. The highest BCUT2D eigenvalue weighted by atomic mass is 16.5. The molecule has 0 saturated carbocycles. The normalized spacial score (nSPS) is 22.9. The second kappa shape index (κ2) is 7.00. The number of carbonyl (C=O) groups excluding carboxylic acids is 1. The van der Waals surface area contributed by atoms with Crippen LogP contribution in [0.25, 0.3) is 0 Å². The Labute approximate surface area is 153 Å². The summed E-state index contributed by atoms with van der Waals surface area (Å²) in [6.45, 7) is 3.20. The number of methoxy groups -OCH3 is 1. The summed E-state index contributed by atoms with van der Waals surface area (Å²) in [6.07, 6.45) is 1.98. The fourth-order valence-corrected chi connectivity index (χ4v) is 3.93. The summed E-state index contributed by atoms with van der Waals surface area (Å²) >= 11 is 0. The van der Waals surface area contributed by atoms with E-state index in [0.717, 1.165) is 38.2 Å². The Balaban J connectivity index is 1.53. The van der Waals surface area contributed by atoms with E-state index in [1.165, 1.54) is 5.56 Å². The maximum atomic E-state index is 12.4. The van der Waals surface area contributed by atoms with Crippen molar-refractivity contribution < 1.29 is 14.3 Å². The fourth-order valence-electron chi connectivity index (χ4n) is 3.93. The van der Waals surface area contributed by atoms with Crippen LogP contribution in [-0.4, -0.2) is 43.2 Å². The summed E-state index contributed by atoms with van der Waals surface area (Å²) in [5, 5.41) is 3.05. The Kier molecular flexibility index (Phi) is 4.55. The first-order valence-electron chi connectivity index (χ1n) is 9.09. The first-order chi connectivity index (χ1) is 12.7. The second-order valence-electron chi connectivity index (χ2n) is 7.13. The molecule has 1 amide bonds. The van der Waals surface area contributed by atoms with Gasteiger partial charge in [-0.3, -0.25) is 9.69 Å². The number of nitrogens with one attached hydrogen (secondary N) is 1. The monoisotopic (exact) mass is 352 g/mol. The molecule has 2 aliphatic heterocycles. The summed E-state index contributed by atoms with van der Waals surface area (Å²) in [7, 11) is 1.69. The largest absolute Gasteiger partial charge is 0.497 e. The minimum absolute atomic E-state index is 0.0533. The Morgan fingerprint density at radius 2 is 2.12 bits per heavy atom. The summed E-state index contributed by atoms with van der Waals surface area (Å²) < 4.78 is 11.7. The number of likely N-dealkylation sites (tertiary alicyclic amines) is 1. The Bertz CT molecular complexity index is 807. The highest BCUT2D eigenvalue weighted by molar-refractivity contribution is 5.97. The molecule has 2 aliphatic rings. The van der Waals surface area contributed by atoms with Gasteiger partial charge in [-0.15, -0.1) is 0 Å². The quantitative estimate of drug-likeness (QED) is 0.923. The number of nitrogens with zero attached hydrogens (tertiary/aromatic N) is 1. The third-order valence-corrected chi connectivity index (χ3v) is 5.19. The van der Waals surface area contributed by atoms with E-state index in [2.05, 4.69) is 22.3 Å². The van der Waals surface area contributed by atoms with Gasteiger partial charge in [-0.25, -0.2) is 0 Å². The topological polar surface area (TPSA) is 50.8 Å². The molecular weight excluding hydrogens is 328 g/mol. The van der Waals surface area contributed by atoms with E-state index in [0.29, 0.717) is 17.9 Å². The number of piperidine rings is 1. The SMILES string of the molecule is COc1cccc(CN2CCCC3(CNC(=O)c4ccccc4O3)C2)c1. The average molecular weight is 352 g/mol. The minimum atomic E-state index is -0.376. The predicted molar refractivity (Wildman–Crippen MR) is 99.6 cm³/mol. The van der Waals surface area contributed by atoms with Crippen molar-refractivity contribution in [1.29, 1.82) is 0 Å². The molecule has 1 saturated heterocycles. The van der Waals surface area contributed by atoms with E-state index >= 15 is 0 Å². The molecule has 2 heterocycles. The predicted octanol–water partition coefficient (Wildman–Crippen LogP) is 2.85. The second-order valence-corrected chi connectivity index (χ2v) is 7.13. The van der Waals surface area contributed by atoms with Gasteiger partial charge in [0.05, 0.1) is 19.2 Å². The first-order valence-corrected chi connectivity index (χ1v) is 9.09. The van der Waals surface area contributed by atoms with Crippen molar-refractivity contribution in [2.45, 2.75) is 25.0 Å². The maximum Gasteiger partial charge on any atom is 0.255 e. The third-order valence-electron chi connectivity index (χ3n) is 5.19. The van der Waals surface area contributed by atoms with Gasteiger partial charge in [0, 0.05) is 13.1 Å². The van der Waals surface area contributed by atoms with Crippen LogP contribution >= 0.6 is 0 Å². The zero-order valence-electron chi connectivity index (χ0n) is 15.0. The molecule has 26 heavy (non-hydrogen) atoms. The van der Waals surface area contributed by atoms with Crippen LogP contribution in [0.2, 0.25) is 0 Å². The van der Waals surface area contributed by atoms with Gasteiger partial charge in [0.2, 0.25) is 0 Å². The lowest BCUT2D eigenvalue weighted by molar-refractivity contribution is -0.00705. The molecule has 1 fully saturated rings. The van der Waals surface area contributed by atoms with E-state index in [4.69, 9.17) is 9.47 Å².